The Hall–Kier alpha value is -0.680. The second-order valence-corrected chi connectivity index (χ2v) is 0.929. The molecular formula is CH4N4O. The molecule has 0 radical (unpaired) electrons. The number of hydrogen-bond acceptors (Lipinski definition) is 4. The first-order valence-corrected chi connectivity index (χ1v) is 1.56. The summed E-state index contributed by atoms with van der Waals surface area (Å²) in [4.78, 5) is 0. The second-order valence-electron chi connectivity index (χ2n) is 0.929. The predicted octanol–water partition coefficient (Wildman–Crippen LogP) is -1.79. The molecule has 0 aromatic rings. The fourth-order valence-corrected chi connectivity index (χ4v) is 0.229. The highest BCUT2D eigenvalue weighted by Crippen LogP contribution is 1.59. The van der Waals surface area contributed by atoms with Crippen LogP contribution < -0.4 is 10.6 Å². The Kier molecular flexibility index (Phi) is 0.697. The molecule has 0 saturated carbocycles. The maximum atomic E-state index is 9.92. The summed E-state index contributed by atoms with van der Waals surface area (Å²) in [7, 11) is 0. The van der Waals surface area contributed by atoms with E-state index in [0.29, 0.717) is 0 Å². The van der Waals surface area contributed by atoms with Crippen LogP contribution in [0.2, 0.25) is 0 Å². The summed E-state index contributed by atoms with van der Waals surface area (Å²) < 4.78 is 0. The van der Waals surface area contributed by atoms with E-state index in [1.165, 1.54) is 0 Å². The normalized spacial score (nSPS) is 30.5. The zero-order chi connectivity index (χ0) is 4.41. The lowest BCUT2D eigenvalue weighted by atomic mass is 11.2. The van der Waals surface area contributed by atoms with E-state index in [1.807, 2.05) is 0 Å². The number of quaternary nitrogens is 1. The summed E-state index contributed by atoms with van der Waals surface area (Å²) in [6.07, 6.45) is 0. The van der Waals surface area contributed by atoms with Gasteiger partial charge in [-0.05, 0) is 5.22 Å². The van der Waals surface area contributed by atoms with Crippen molar-refractivity contribution in [1.82, 2.24) is 5.43 Å². The summed E-state index contributed by atoms with van der Waals surface area (Å²) in [5.74, 6) is 0. The number of hydroxylamine groups is 1. The van der Waals surface area contributed by atoms with Crippen LogP contribution in [0.15, 0.2) is 10.4 Å². The van der Waals surface area contributed by atoms with Crippen molar-refractivity contribution in [3.8, 4) is 0 Å². The topological polar surface area (TPSA) is 64.2 Å². The van der Waals surface area contributed by atoms with Crippen molar-refractivity contribution < 1.29 is 5.17 Å². The van der Waals surface area contributed by atoms with Gasteiger partial charge in [-0.2, -0.15) is 0 Å². The second kappa shape index (κ2) is 1.19. The van der Waals surface area contributed by atoms with Crippen LogP contribution in [0.25, 0.3) is 0 Å². The third-order valence-electron chi connectivity index (χ3n) is 0.463. The molecular weight excluding hydrogens is 84.0 g/mol. The minimum absolute atomic E-state index is 0.199. The maximum Gasteiger partial charge on any atom is 0.192 e. The lowest BCUT2D eigenvalue weighted by Crippen LogP contribution is -3.01. The van der Waals surface area contributed by atoms with E-state index in [4.69, 9.17) is 0 Å². The average Bonchev–Trinajstić information content (AvgIpc) is 1.86. The molecule has 1 aliphatic heterocycles. The molecule has 0 spiro atoms. The maximum absolute atomic E-state index is 9.92. The first-order chi connectivity index (χ1) is 2.89. The molecule has 0 aromatic heterocycles. The van der Waals surface area contributed by atoms with E-state index in [1.54, 1.807) is 0 Å². The lowest BCUT2D eigenvalue weighted by molar-refractivity contribution is -0.852. The molecule has 0 amide bonds. The van der Waals surface area contributed by atoms with Gasteiger partial charge in [-0.3, -0.25) is 0 Å². The van der Waals surface area contributed by atoms with Crippen molar-refractivity contribution in [1.29, 1.82) is 0 Å². The van der Waals surface area contributed by atoms with Gasteiger partial charge in [-0.25, -0.2) is 10.6 Å². The molecule has 2 N–H and O–H groups in total. The van der Waals surface area contributed by atoms with Gasteiger partial charge in [-0.1, -0.05) is 0 Å². The first-order valence-electron chi connectivity index (χ1n) is 1.56. The molecule has 0 bridgehead atoms. The van der Waals surface area contributed by atoms with Crippen LogP contribution >= 0.6 is 0 Å². The van der Waals surface area contributed by atoms with Crippen molar-refractivity contribution in [2.75, 3.05) is 6.67 Å². The zero-order valence-corrected chi connectivity index (χ0v) is 3.01. The quantitative estimate of drug-likeness (QED) is 0.343. The summed E-state index contributed by atoms with van der Waals surface area (Å²) in [5, 5.41) is 16.0. The molecule has 0 saturated heterocycles. The summed E-state index contributed by atoms with van der Waals surface area (Å²) in [5.41, 5.74) is 2.38. The van der Waals surface area contributed by atoms with E-state index in [2.05, 4.69) is 15.9 Å². The number of rotatable bonds is 0. The van der Waals surface area contributed by atoms with Crippen molar-refractivity contribution in [2.45, 2.75) is 0 Å². The van der Waals surface area contributed by atoms with Gasteiger partial charge in [-0.15, -0.1) is 0 Å². The van der Waals surface area contributed by atoms with Crippen LogP contribution in [0.1, 0.15) is 0 Å². The highest BCUT2D eigenvalue weighted by Gasteiger charge is 1.96. The molecule has 5 nitrogen and oxygen atoms in total. The van der Waals surface area contributed by atoms with Crippen LogP contribution in [0.5, 0.6) is 0 Å². The Morgan fingerprint density at radius 3 is 2.83 bits per heavy atom. The standard InChI is InChI=1S/CH4N4O/c6-5-1-2-3-4-5/h5H,1H2,(H,2,4). The third kappa shape index (κ3) is 0.447. The fourth-order valence-electron chi connectivity index (χ4n) is 0.229. The molecule has 1 atom stereocenters. The van der Waals surface area contributed by atoms with E-state index >= 15 is 0 Å². The molecule has 6 heavy (non-hydrogen) atoms. The Morgan fingerprint density at radius 1 is 1.83 bits per heavy atom. The van der Waals surface area contributed by atoms with E-state index in [0.717, 1.165) is 0 Å². The van der Waals surface area contributed by atoms with Crippen molar-refractivity contribution in [3.05, 3.63) is 5.21 Å². The number of hydrogen-bond donors (Lipinski definition) is 2. The monoisotopic (exact) mass is 88.0 g/mol. The molecule has 5 heteroatoms. The van der Waals surface area contributed by atoms with Crippen molar-refractivity contribution in [3.63, 3.8) is 0 Å². The Balaban J connectivity index is 2.38. The van der Waals surface area contributed by atoms with Gasteiger partial charge in [0.2, 0.25) is 0 Å². The largest absolute Gasteiger partial charge is 0.603 e. The predicted molar refractivity (Wildman–Crippen MR) is 17.2 cm³/mol. The number of nitrogens with zero attached hydrogens (tertiary/aromatic N) is 2. The molecule has 0 aliphatic carbocycles. The average molecular weight is 88.1 g/mol. The highest BCUT2D eigenvalue weighted by molar-refractivity contribution is 4.18. The van der Waals surface area contributed by atoms with Gasteiger partial charge in [0.05, 0.1) is 0 Å². The van der Waals surface area contributed by atoms with Crippen molar-refractivity contribution in [2.24, 2.45) is 10.4 Å². The van der Waals surface area contributed by atoms with Gasteiger partial charge >= 0.3 is 0 Å². The molecule has 1 aliphatic rings. The zero-order valence-electron chi connectivity index (χ0n) is 3.01. The van der Waals surface area contributed by atoms with E-state index in [-0.39, 0.29) is 11.8 Å². The van der Waals surface area contributed by atoms with Crippen molar-refractivity contribution >= 4 is 0 Å². The van der Waals surface area contributed by atoms with E-state index < -0.39 is 0 Å². The summed E-state index contributed by atoms with van der Waals surface area (Å²) in [6.45, 7) is 0.264. The Labute approximate surface area is 34.2 Å². The number of nitrogens with one attached hydrogen (secondary N) is 2. The van der Waals surface area contributed by atoms with Gasteiger partial charge in [0.15, 0.2) is 6.67 Å². The minimum Gasteiger partial charge on any atom is -0.603 e. The van der Waals surface area contributed by atoms with Crippen LogP contribution in [0.4, 0.5) is 0 Å². The minimum atomic E-state index is -0.199. The molecule has 1 unspecified atom stereocenters. The smallest absolute Gasteiger partial charge is 0.192 e. The van der Waals surface area contributed by atoms with Crippen LogP contribution in [0, 0.1) is 5.21 Å². The van der Waals surface area contributed by atoms with Crippen LogP contribution in [-0.4, -0.2) is 6.67 Å². The van der Waals surface area contributed by atoms with Gasteiger partial charge in [0.1, 0.15) is 0 Å². The molecule has 1 rings (SSSR count). The molecule has 1 heterocycles. The fraction of sp³-hybridized carbons (Fsp3) is 1.00. The Bertz CT molecular complexity index is 69.9. The van der Waals surface area contributed by atoms with E-state index in [9.17, 15) is 5.21 Å². The highest BCUT2D eigenvalue weighted by atomic mass is 16.5. The Morgan fingerprint density at radius 2 is 2.67 bits per heavy atom. The van der Waals surface area contributed by atoms with Gasteiger partial charge < -0.3 is 5.21 Å². The molecule has 0 aromatic carbocycles. The van der Waals surface area contributed by atoms with Crippen LogP contribution in [0.3, 0.4) is 0 Å². The van der Waals surface area contributed by atoms with Crippen LogP contribution in [-0.2, 0) is 0 Å². The molecule has 0 fully saturated rings. The lowest BCUT2D eigenvalue weighted by Gasteiger charge is -2.01. The van der Waals surface area contributed by atoms with Gasteiger partial charge in [0.25, 0.3) is 0 Å². The van der Waals surface area contributed by atoms with Gasteiger partial charge in [0, 0.05) is 5.22 Å². The molecule has 34 valence electrons. The summed E-state index contributed by atoms with van der Waals surface area (Å²) in [6, 6.07) is 0. The SMILES string of the molecule is [O-][NH+]1CNN=N1. The summed E-state index contributed by atoms with van der Waals surface area (Å²) >= 11 is 0. The third-order valence-corrected chi connectivity index (χ3v) is 0.463. The first kappa shape index (κ1) is 3.51.